The van der Waals surface area contributed by atoms with Crippen molar-refractivity contribution in [2.24, 2.45) is 0 Å². The summed E-state index contributed by atoms with van der Waals surface area (Å²) in [6.45, 7) is 8.51. The molecule has 0 amide bonds. The van der Waals surface area contributed by atoms with Gasteiger partial charge in [0.05, 0.1) is 17.8 Å². The topological polar surface area (TPSA) is 34.1 Å². The molecule has 1 aromatic heterocycles. The molecule has 0 aliphatic rings. The predicted octanol–water partition coefficient (Wildman–Crippen LogP) is 4.18. The molecule has 0 radical (unpaired) electrons. The number of ether oxygens (including phenoxy) is 1. The molecule has 4 heteroatoms. The van der Waals surface area contributed by atoms with Crippen LogP contribution < -0.4 is 10.1 Å². The molecule has 0 aliphatic carbocycles. The number of rotatable bonds is 5. The van der Waals surface area contributed by atoms with Gasteiger partial charge in [0.15, 0.2) is 0 Å². The van der Waals surface area contributed by atoms with Gasteiger partial charge in [0.25, 0.3) is 0 Å². The highest BCUT2D eigenvalue weighted by molar-refractivity contribution is 7.11. The van der Waals surface area contributed by atoms with Crippen LogP contribution >= 0.6 is 11.3 Å². The summed E-state index contributed by atoms with van der Waals surface area (Å²) in [6, 6.07) is 8.80. The Hall–Kier alpha value is -1.39. The maximum absolute atomic E-state index is 5.19. The first-order chi connectivity index (χ1) is 9.51. The molecule has 1 unspecified atom stereocenters. The molecule has 2 rings (SSSR count). The Morgan fingerprint density at radius 1 is 1.10 bits per heavy atom. The fraction of sp³-hybridized carbons (Fsp3) is 0.438. The van der Waals surface area contributed by atoms with Gasteiger partial charge in [-0.1, -0.05) is 12.1 Å². The van der Waals surface area contributed by atoms with E-state index in [9.17, 15) is 0 Å². The van der Waals surface area contributed by atoms with E-state index in [-0.39, 0.29) is 6.04 Å². The highest BCUT2D eigenvalue weighted by Crippen LogP contribution is 2.27. The van der Waals surface area contributed by atoms with E-state index in [1.165, 1.54) is 10.4 Å². The van der Waals surface area contributed by atoms with Crippen LogP contribution in [0.5, 0.6) is 5.75 Å². The van der Waals surface area contributed by atoms with E-state index in [0.717, 1.165) is 16.5 Å². The van der Waals surface area contributed by atoms with Crippen molar-refractivity contribution < 1.29 is 4.74 Å². The molecule has 0 fully saturated rings. The number of thiazole rings is 1. The number of aromatic nitrogens is 1. The molecule has 20 heavy (non-hydrogen) atoms. The average molecular weight is 290 g/mol. The summed E-state index contributed by atoms with van der Waals surface area (Å²) >= 11 is 1.77. The Kier molecular flexibility index (Phi) is 4.78. The summed E-state index contributed by atoms with van der Waals surface area (Å²) in [4.78, 5) is 5.82. The van der Waals surface area contributed by atoms with Crippen LogP contribution in [0.1, 0.15) is 47.1 Å². The van der Waals surface area contributed by atoms with Crippen molar-refractivity contribution in [3.8, 4) is 5.75 Å². The highest BCUT2D eigenvalue weighted by atomic mass is 32.1. The minimum atomic E-state index is 0.290. The number of methoxy groups -OCH3 is 1. The normalized spacial score (nSPS) is 14.1. The zero-order valence-corrected chi connectivity index (χ0v) is 13.5. The van der Waals surface area contributed by atoms with Gasteiger partial charge in [0.2, 0.25) is 0 Å². The van der Waals surface area contributed by atoms with Crippen molar-refractivity contribution in [3.63, 3.8) is 0 Å². The SMILES string of the molecule is COc1ccc([C@H](C)NC(C)c2sc(C)nc2C)cc1. The number of hydrogen-bond donors (Lipinski definition) is 1. The lowest BCUT2D eigenvalue weighted by atomic mass is 10.1. The van der Waals surface area contributed by atoms with Gasteiger partial charge < -0.3 is 10.1 Å². The van der Waals surface area contributed by atoms with Crippen LogP contribution in [0, 0.1) is 13.8 Å². The van der Waals surface area contributed by atoms with Crippen LogP contribution in [-0.4, -0.2) is 12.1 Å². The molecule has 1 N–H and O–H groups in total. The van der Waals surface area contributed by atoms with Gasteiger partial charge in [-0.15, -0.1) is 11.3 Å². The van der Waals surface area contributed by atoms with Gasteiger partial charge >= 0.3 is 0 Å². The first-order valence-electron chi connectivity index (χ1n) is 6.85. The molecule has 2 aromatic rings. The van der Waals surface area contributed by atoms with Gasteiger partial charge in [-0.05, 0) is 45.4 Å². The molecule has 1 aromatic carbocycles. The third-order valence-electron chi connectivity index (χ3n) is 3.45. The number of aryl methyl sites for hydroxylation is 2. The Morgan fingerprint density at radius 2 is 1.75 bits per heavy atom. The Balaban J connectivity index is 2.06. The summed E-state index contributed by atoms with van der Waals surface area (Å²) in [7, 11) is 1.69. The van der Waals surface area contributed by atoms with E-state index < -0.39 is 0 Å². The summed E-state index contributed by atoms with van der Waals surface area (Å²) < 4.78 is 5.19. The van der Waals surface area contributed by atoms with Crippen molar-refractivity contribution in [3.05, 3.63) is 45.4 Å². The van der Waals surface area contributed by atoms with Crippen LogP contribution in [-0.2, 0) is 0 Å². The zero-order valence-electron chi connectivity index (χ0n) is 12.7. The van der Waals surface area contributed by atoms with E-state index in [0.29, 0.717) is 6.04 Å². The molecular formula is C16H22N2OS. The summed E-state index contributed by atoms with van der Waals surface area (Å²) in [5.41, 5.74) is 2.39. The largest absolute Gasteiger partial charge is 0.497 e. The molecule has 0 spiro atoms. The van der Waals surface area contributed by atoms with Crippen LogP contribution in [0.15, 0.2) is 24.3 Å². The van der Waals surface area contributed by atoms with E-state index in [4.69, 9.17) is 4.74 Å². The van der Waals surface area contributed by atoms with Crippen LogP contribution in [0.3, 0.4) is 0 Å². The van der Waals surface area contributed by atoms with Crippen molar-refractivity contribution in [1.82, 2.24) is 10.3 Å². The van der Waals surface area contributed by atoms with Gasteiger partial charge in [0, 0.05) is 17.0 Å². The zero-order chi connectivity index (χ0) is 14.7. The second-order valence-corrected chi connectivity index (χ2v) is 6.30. The van der Waals surface area contributed by atoms with E-state index in [1.807, 2.05) is 12.1 Å². The smallest absolute Gasteiger partial charge is 0.118 e. The van der Waals surface area contributed by atoms with Crippen molar-refractivity contribution >= 4 is 11.3 Å². The molecule has 0 aliphatic heterocycles. The number of nitrogens with zero attached hydrogens (tertiary/aromatic N) is 1. The Bertz CT molecular complexity index is 562. The fourth-order valence-corrected chi connectivity index (χ4v) is 3.33. The second kappa shape index (κ2) is 6.37. The third-order valence-corrected chi connectivity index (χ3v) is 4.70. The monoisotopic (exact) mass is 290 g/mol. The lowest BCUT2D eigenvalue weighted by Gasteiger charge is -2.20. The number of nitrogens with one attached hydrogen (secondary N) is 1. The number of hydrogen-bond acceptors (Lipinski definition) is 4. The van der Waals surface area contributed by atoms with E-state index in [1.54, 1.807) is 18.4 Å². The Morgan fingerprint density at radius 3 is 2.25 bits per heavy atom. The highest BCUT2D eigenvalue weighted by Gasteiger charge is 2.15. The first kappa shape index (κ1) is 15.0. The molecule has 0 bridgehead atoms. The summed E-state index contributed by atoms with van der Waals surface area (Å²) in [5, 5.41) is 4.76. The van der Waals surface area contributed by atoms with Crippen LogP contribution in [0.25, 0.3) is 0 Å². The minimum absolute atomic E-state index is 0.290. The third kappa shape index (κ3) is 3.38. The van der Waals surface area contributed by atoms with Gasteiger partial charge in [-0.25, -0.2) is 4.98 Å². The lowest BCUT2D eigenvalue weighted by Crippen LogP contribution is -2.22. The van der Waals surface area contributed by atoms with Crippen molar-refractivity contribution in [1.29, 1.82) is 0 Å². The molecule has 3 nitrogen and oxygen atoms in total. The van der Waals surface area contributed by atoms with E-state index >= 15 is 0 Å². The van der Waals surface area contributed by atoms with Crippen molar-refractivity contribution in [2.75, 3.05) is 7.11 Å². The minimum Gasteiger partial charge on any atom is -0.497 e. The van der Waals surface area contributed by atoms with Crippen LogP contribution in [0.2, 0.25) is 0 Å². The standard InChI is InChI=1S/C16H22N2OS/c1-10(14-6-8-15(19-5)9-7-14)17-11(2)16-12(3)18-13(4)20-16/h6-11,17H,1-5H3/t10-,11?/m0/s1. The van der Waals surface area contributed by atoms with Gasteiger partial charge in [-0.3, -0.25) is 0 Å². The quantitative estimate of drug-likeness (QED) is 0.897. The van der Waals surface area contributed by atoms with Crippen LogP contribution in [0.4, 0.5) is 0 Å². The summed E-state index contributed by atoms with van der Waals surface area (Å²) in [5.74, 6) is 0.892. The molecule has 2 atom stereocenters. The Labute approximate surface area is 125 Å². The first-order valence-corrected chi connectivity index (χ1v) is 7.67. The molecule has 108 valence electrons. The van der Waals surface area contributed by atoms with Crippen molar-refractivity contribution in [2.45, 2.75) is 39.8 Å². The fourth-order valence-electron chi connectivity index (χ4n) is 2.39. The predicted molar refractivity (Wildman–Crippen MR) is 84.5 cm³/mol. The summed E-state index contributed by atoms with van der Waals surface area (Å²) in [6.07, 6.45) is 0. The second-order valence-electron chi connectivity index (χ2n) is 5.07. The molecule has 0 saturated heterocycles. The molecular weight excluding hydrogens is 268 g/mol. The molecule has 1 heterocycles. The lowest BCUT2D eigenvalue weighted by molar-refractivity contribution is 0.414. The van der Waals surface area contributed by atoms with Gasteiger partial charge in [-0.2, -0.15) is 0 Å². The number of benzene rings is 1. The maximum atomic E-state index is 5.19. The maximum Gasteiger partial charge on any atom is 0.118 e. The van der Waals surface area contributed by atoms with Gasteiger partial charge in [0.1, 0.15) is 5.75 Å². The van der Waals surface area contributed by atoms with E-state index in [2.05, 4.69) is 50.1 Å². The molecule has 0 saturated carbocycles. The average Bonchev–Trinajstić information content (AvgIpc) is 2.78.